The lowest BCUT2D eigenvalue weighted by Crippen LogP contribution is -1.99. The standard InChI is InChI=1S/C12H13N3/c1-8-5-3-4-6-10(8)11-9(2)7-14-12(13)15-11/h3-7H,1-2H3,(H2,13,14,15). The summed E-state index contributed by atoms with van der Waals surface area (Å²) in [7, 11) is 0. The first-order valence-corrected chi connectivity index (χ1v) is 4.83. The summed E-state index contributed by atoms with van der Waals surface area (Å²) in [6.45, 7) is 4.05. The largest absolute Gasteiger partial charge is 0.368 e. The number of nitrogen functional groups attached to an aromatic ring is 1. The number of anilines is 1. The van der Waals surface area contributed by atoms with Gasteiger partial charge in [-0.1, -0.05) is 24.3 Å². The summed E-state index contributed by atoms with van der Waals surface area (Å²) in [6, 6.07) is 8.12. The molecule has 2 rings (SSSR count). The van der Waals surface area contributed by atoms with Crippen molar-refractivity contribution in [1.29, 1.82) is 0 Å². The molecule has 0 radical (unpaired) electrons. The summed E-state index contributed by atoms with van der Waals surface area (Å²) in [4.78, 5) is 8.23. The summed E-state index contributed by atoms with van der Waals surface area (Å²) in [5.41, 5.74) is 9.86. The zero-order chi connectivity index (χ0) is 10.8. The van der Waals surface area contributed by atoms with Crippen LogP contribution in [0.1, 0.15) is 11.1 Å². The van der Waals surface area contributed by atoms with Gasteiger partial charge in [-0.15, -0.1) is 0 Å². The van der Waals surface area contributed by atoms with Gasteiger partial charge in [-0.2, -0.15) is 0 Å². The number of nitrogens with two attached hydrogens (primary N) is 1. The summed E-state index contributed by atoms with van der Waals surface area (Å²) in [6.07, 6.45) is 1.75. The van der Waals surface area contributed by atoms with E-state index in [2.05, 4.69) is 23.0 Å². The predicted octanol–water partition coefficient (Wildman–Crippen LogP) is 2.34. The van der Waals surface area contributed by atoms with Crippen LogP contribution in [-0.2, 0) is 0 Å². The molecule has 1 aromatic heterocycles. The highest BCUT2D eigenvalue weighted by atomic mass is 15.0. The number of aryl methyl sites for hydroxylation is 2. The molecule has 2 aromatic rings. The van der Waals surface area contributed by atoms with E-state index in [9.17, 15) is 0 Å². The molecule has 0 unspecified atom stereocenters. The summed E-state index contributed by atoms with van der Waals surface area (Å²) in [5, 5.41) is 0. The van der Waals surface area contributed by atoms with Crippen molar-refractivity contribution >= 4 is 5.95 Å². The lowest BCUT2D eigenvalue weighted by atomic mass is 10.0. The molecule has 0 bridgehead atoms. The van der Waals surface area contributed by atoms with Crippen LogP contribution in [-0.4, -0.2) is 9.97 Å². The van der Waals surface area contributed by atoms with Gasteiger partial charge in [0.05, 0.1) is 5.69 Å². The third kappa shape index (κ3) is 1.81. The molecule has 1 aromatic carbocycles. The van der Waals surface area contributed by atoms with Crippen LogP contribution in [0.2, 0.25) is 0 Å². The molecule has 0 aliphatic carbocycles. The molecule has 0 aliphatic rings. The molecule has 3 nitrogen and oxygen atoms in total. The molecule has 0 saturated heterocycles. The van der Waals surface area contributed by atoms with E-state index in [1.165, 1.54) is 5.56 Å². The van der Waals surface area contributed by atoms with E-state index in [1.54, 1.807) is 6.20 Å². The van der Waals surface area contributed by atoms with Gasteiger partial charge in [-0.3, -0.25) is 0 Å². The fraction of sp³-hybridized carbons (Fsp3) is 0.167. The lowest BCUT2D eigenvalue weighted by molar-refractivity contribution is 1.15. The van der Waals surface area contributed by atoms with Crippen molar-refractivity contribution < 1.29 is 0 Å². The average Bonchev–Trinajstić information content (AvgIpc) is 2.23. The van der Waals surface area contributed by atoms with E-state index in [-0.39, 0.29) is 0 Å². The van der Waals surface area contributed by atoms with E-state index >= 15 is 0 Å². The van der Waals surface area contributed by atoms with E-state index in [1.807, 2.05) is 25.1 Å². The van der Waals surface area contributed by atoms with Gasteiger partial charge in [0.15, 0.2) is 0 Å². The van der Waals surface area contributed by atoms with Gasteiger partial charge in [0.25, 0.3) is 0 Å². The van der Waals surface area contributed by atoms with Gasteiger partial charge in [0, 0.05) is 11.8 Å². The first-order valence-electron chi connectivity index (χ1n) is 4.83. The Morgan fingerprint density at radius 1 is 1.07 bits per heavy atom. The van der Waals surface area contributed by atoms with Gasteiger partial charge in [0.1, 0.15) is 0 Å². The number of nitrogens with zero attached hydrogens (tertiary/aromatic N) is 2. The zero-order valence-electron chi connectivity index (χ0n) is 8.86. The van der Waals surface area contributed by atoms with Crippen molar-refractivity contribution in [2.24, 2.45) is 0 Å². The fourth-order valence-corrected chi connectivity index (χ4v) is 1.57. The molecule has 0 spiro atoms. The molecule has 0 amide bonds. The quantitative estimate of drug-likeness (QED) is 0.767. The molecule has 2 N–H and O–H groups in total. The fourth-order valence-electron chi connectivity index (χ4n) is 1.57. The third-order valence-electron chi connectivity index (χ3n) is 2.39. The molecule has 1 heterocycles. The topological polar surface area (TPSA) is 51.8 Å². The number of rotatable bonds is 1. The molecular weight excluding hydrogens is 186 g/mol. The first-order chi connectivity index (χ1) is 7.18. The molecule has 0 atom stereocenters. The number of benzene rings is 1. The molecule has 15 heavy (non-hydrogen) atoms. The van der Waals surface area contributed by atoms with Gasteiger partial charge in [-0.05, 0) is 25.0 Å². The second-order valence-corrected chi connectivity index (χ2v) is 3.57. The minimum absolute atomic E-state index is 0.318. The molecule has 76 valence electrons. The number of aromatic nitrogens is 2. The van der Waals surface area contributed by atoms with E-state index in [0.717, 1.165) is 16.8 Å². The zero-order valence-corrected chi connectivity index (χ0v) is 8.86. The number of hydrogen-bond donors (Lipinski definition) is 1. The van der Waals surface area contributed by atoms with Crippen LogP contribution in [0, 0.1) is 13.8 Å². The van der Waals surface area contributed by atoms with E-state index in [4.69, 9.17) is 5.73 Å². The van der Waals surface area contributed by atoms with Gasteiger partial charge in [0.2, 0.25) is 5.95 Å². The normalized spacial score (nSPS) is 10.3. The Bertz CT molecular complexity index is 492. The van der Waals surface area contributed by atoms with Crippen molar-refractivity contribution in [1.82, 2.24) is 9.97 Å². The molecular formula is C12H13N3. The van der Waals surface area contributed by atoms with E-state index in [0.29, 0.717) is 5.95 Å². The molecule has 0 aliphatic heterocycles. The predicted molar refractivity (Wildman–Crippen MR) is 61.4 cm³/mol. The van der Waals surface area contributed by atoms with Crippen LogP contribution in [0.15, 0.2) is 30.5 Å². The highest BCUT2D eigenvalue weighted by Gasteiger charge is 2.06. The van der Waals surface area contributed by atoms with Crippen LogP contribution in [0.4, 0.5) is 5.95 Å². The minimum atomic E-state index is 0.318. The van der Waals surface area contributed by atoms with Crippen LogP contribution in [0.25, 0.3) is 11.3 Å². The van der Waals surface area contributed by atoms with Crippen molar-refractivity contribution in [2.45, 2.75) is 13.8 Å². The first kappa shape index (κ1) is 9.65. The Morgan fingerprint density at radius 3 is 2.53 bits per heavy atom. The van der Waals surface area contributed by atoms with Crippen LogP contribution >= 0.6 is 0 Å². The van der Waals surface area contributed by atoms with Crippen LogP contribution in [0.3, 0.4) is 0 Å². The van der Waals surface area contributed by atoms with E-state index < -0.39 is 0 Å². The van der Waals surface area contributed by atoms with Gasteiger partial charge >= 0.3 is 0 Å². The third-order valence-corrected chi connectivity index (χ3v) is 2.39. The van der Waals surface area contributed by atoms with Crippen molar-refractivity contribution in [2.75, 3.05) is 5.73 Å². The number of hydrogen-bond acceptors (Lipinski definition) is 3. The summed E-state index contributed by atoms with van der Waals surface area (Å²) in [5.74, 6) is 0.318. The Labute approximate surface area is 89.0 Å². The second-order valence-electron chi connectivity index (χ2n) is 3.57. The van der Waals surface area contributed by atoms with Gasteiger partial charge in [-0.25, -0.2) is 9.97 Å². The lowest BCUT2D eigenvalue weighted by Gasteiger charge is -2.07. The average molecular weight is 199 g/mol. The monoisotopic (exact) mass is 199 g/mol. The maximum absolute atomic E-state index is 5.59. The smallest absolute Gasteiger partial charge is 0.220 e. The minimum Gasteiger partial charge on any atom is -0.368 e. The highest BCUT2D eigenvalue weighted by Crippen LogP contribution is 2.24. The highest BCUT2D eigenvalue weighted by molar-refractivity contribution is 5.66. The summed E-state index contributed by atoms with van der Waals surface area (Å²) >= 11 is 0. The van der Waals surface area contributed by atoms with Crippen LogP contribution < -0.4 is 5.73 Å². The maximum Gasteiger partial charge on any atom is 0.220 e. The maximum atomic E-state index is 5.59. The second kappa shape index (κ2) is 3.69. The van der Waals surface area contributed by atoms with Crippen molar-refractivity contribution in [3.63, 3.8) is 0 Å². The molecule has 3 heteroatoms. The Morgan fingerprint density at radius 2 is 1.80 bits per heavy atom. The molecule has 0 fully saturated rings. The Balaban J connectivity index is 2.64. The van der Waals surface area contributed by atoms with Crippen molar-refractivity contribution in [3.8, 4) is 11.3 Å². The Hall–Kier alpha value is -1.90. The van der Waals surface area contributed by atoms with Crippen LogP contribution in [0.5, 0.6) is 0 Å². The van der Waals surface area contributed by atoms with Crippen molar-refractivity contribution in [3.05, 3.63) is 41.6 Å². The SMILES string of the molecule is Cc1ccccc1-c1nc(N)ncc1C. The van der Waals surface area contributed by atoms with Gasteiger partial charge < -0.3 is 5.73 Å². The summed E-state index contributed by atoms with van der Waals surface area (Å²) < 4.78 is 0. The Kier molecular flexibility index (Phi) is 2.37. The molecule has 0 saturated carbocycles.